The fourth-order valence-electron chi connectivity index (χ4n) is 6.41. The van der Waals surface area contributed by atoms with Crippen LogP contribution in [0.4, 0.5) is 4.79 Å². The van der Waals surface area contributed by atoms with Crippen LogP contribution in [0.3, 0.4) is 0 Å². The molecule has 0 aliphatic carbocycles. The molecule has 2 heterocycles. The second-order valence-electron chi connectivity index (χ2n) is 16.0. The van der Waals surface area contributed by atoms with Crippen molar-refractivity contribution in [2.75, 3.05) is 51.6 Å². The fraction of sp³-hybridized carbons (Fsp3) is 0.684. The number of aliphatic carboxylic acids is 2. The molecule has 2 fully saturated rings. The van der Waals surface area contributed by atoms with E-state index in [1.54, 1.807) is 65.8 Å². The predicted molar refractivity (Wildman–Crippen MR) is 206 cm³/mol. The Morgan fingerprint density at radius 2 is 1.51 bits per heavy atom. The first-order chi connectivity index (χ1) is 25.8. The van der Waals surface area contributed by atoms with Gasteiger partial charge < -0.3 is 40.4 Å². The topological polar surface area (TPSA) is 213 Å². The van der Waals surface area contributed by atoms with Crippen molar-refractivity contribution in [1.82, 2.24) is 25.8 Å². The molecular weight excluding hydrogens is 735 g/mol. The number of esters is 2. The first kappa shape index (κ1) is 45.3. The van der Waals surface area contributed by atoms with Crippen LogP contribution in [-0.4, -0.2) is 142 Å². The van der Waals surface area contributed by atoms with E-state index in [9.17, 15) is 39.0 Å². The molecular formula is C38H59N5O11S. The number of fused-ring (bicyclic) bond motifs is 1. The maximum absolute atomic E-state index is 12.9. The maximum atomic E-state index is 12.9. The third-order valence-electron chi connectivity index (χ3n) is 8.59. The summed E-state index contributed by atoms with van der Waals surface area (Å²) in [4.78, 5) is 76.1. The van der Waals surface area contributed by atoms with Gasteiger partial charge in [-0.25, -0.2) is 4.79 Å². The Morgan fingerprint density at radius 3 is 2.13 bits per heavy atom. The van der Waals surface area contributed by atoms with Crippen LogP contribution in [0.2, 0.25) is 0 Å². The number of hydrogen-bond donors (Lipinski definition) is 5. The lowest BCUT2D eigenvalue weighted by Gasteiger charge is -2.34. The highest BCUT2D eigenvalue weighted by Crippen LogP contribution is 2.33. The second-order valence-corrected chi connectivity index (χ2v) is 17.2. The number of hydrogen-bond acceptors (Lipinski definition) is 12. The van der Waals surface area contributed by atoms with Gasteiger partial charge in [-0.15, -0.1) is 0 Å². The van der Waals surface area contributed by atoms with Gasteiger partial charge in [0, 0.05) is 36.6 Å². The van der Waals surface area contributed by atoms with Gasteiger partial charge in [0.15, 0.2) is 0 Å². The van der Waals surface area contributed by atoms with E-state index in [0.29, 0.717) is 37.0 Å². The molecule has 0 aromatic heterocycles. The van der Waals surface area contributed by atoms with Crippen LogP contribution in [0.1, 0.15) is 79.2 Å². The van der Waals surface area contributed by atoms with E-state index in [4.69, 9.17) is 14.2 Å². The second kappa shape index (κ2) is 21.3. The minimum absolute atomic E-state index is 0.0108. The predicted octanol–water partition coefficient (Wildman–Crippen LogP) is 2.67. The van der Waals surface area contributed by atoms with Crippen molar-refractivity contribution in [2.45, 2.75) is 115 Å². The molecule has 308 valence electrons. The third-order valence-corrected chi connectivity index (χ3v) is 10.1. The number of carboxylic acid groups (broad SMARTS) is 2. The molecule has 16 nitrogen and oxygen atoms in total. The number of benzene rings is 1. The summed E-state index contributed by atoms with van der Waals surface area (Å²) in [5.41, 5.74) is -0.860. The number of nitrogens with zero attached hydrogens (tertiary/aromatic N) is 2. The van der Waals surface area contributed by atoms with Crippen molar-refractivity contribution in [2.24, 2.45) is 0 Å². The van der Waals surface area contributed by atoms with Gasteiger partial charge >= 0.3 is 29.9 Å². The molecule has 3 amide bonds. The Labute approximate surface area is 327 Å². The monoisotopic (exact) mass is 793 g/mol. The van der Waals surface area contributed by atoms with Gasteiger partial charge in [-0.05, 0) is 84.9 Å². The highest BCUT2D eigenvalue weighted by atomic mass is 32.2. The van der Waals surface area contributed by atoms with Gasteiger partial charge in [0.05, 0.1) is 44.9 Å². The van der Waals surface area contributed by atoms with E-state index in [0.717, 1.165) is 30.6 Å². The molecule has 0 bridgehead atoms. The SMILES string of the molecule is CC(C)(C)OC(=O)CN(CC(=O)O)CC(Cc1ccc(OCCCNC(=O)CCCCC2SCC3NC(=O)NC32)cc1)N(CC(=O)O)CC(=O)OC(C)(C)C. The number of carboxylic acids is 2. The van der Waals surface area contributed by atoms with Crippen LogP contribution >= 0.6 is 11.8 Å². The summed E-state index contributed by atoms with van der Waals surface area (Å²) >= 11 is 1.87. The zero-order chi connectivity index (χ0) is 40.8. The average molecular weight is 794 g/mol. The lowest BCUT2D eigenvalue weighted by atomic mass is 10.0. The first-order valence-electron chi connectivity index (χ1n) is 18.8. The molecule has 2 aliphatic heterocycles. The molecule has 17 heteroatoms. The molecule has 0 radical (unpaired) electrons. The average Bonchev–Trinajstić information content (AvgIpc) is 3.59. The molecule has 0 saturated carbocycles. The highest BCUT2D eigenvalue weighted by molar-refractivity contribution is 8.00. The number of urea groups is 1. The number of amides is 3. The van der Waals surface area contributed by atoms with Crippen LogP contribution < -0.4 is 20.7 Å². The minimum atomic E-state index is -1.19. The van der Waals surface area contributed by atoms with Crippen LogP contribution in [0.5, 0.6) is 5.75 Å². The van der Waals surface area contributed by atoms with E-state index >= 15 is 0 Å². The summed E-state index contributed by atoms with van der Waals surface area (Å²) in [6.07, 6.45) is 3.89. The van der Waals surface area contributed by atoms with Crippen LogP contribution in [0, 0.1) is 0 Å². The molecule has 2 saturated heterocycles. The lowest BCUT2D eigenvalue weighted by Crippen LogP contribution is -2.51. The number of carbonyl (C=O) groups excluding carboxylic acids is 4. The van der Waals surface area contributed by atoms with E-state index in [2.05, 4.69) is 16.0 Å². The Kier molecular flexibility index (Phi) is 17.5. The number of unbranched alkanes of at least 4 members (excludes halogenated alkanes) is 1. The van der Waals surface area contributed by atoms with Crippen LogP contribution in [0.15, 0.2) is 24.3 Å². The van der Waals surface area contributed by atoms with Gasteiger partial charge in [-0.2, -0.15) is 11.8 Å². The maximum Gasteiger partial charge on any atom is 0.320 e. The van der Waals surface area contributed by atoms with Gasteiger partial charge in [-0.3, -0.25) is 33.8 Å². The molecule has 3 rings (SSSR count). The molecule has 2 aliphatic rings. The van der Waals surface area contributed by atoms with Gasteiger partial charge in [0.1, 0.15) is 17.0 Å². The Hall–Kier alpha value is -4.09. The number of thioether (sulfide) groups is 1. The zero-order valence-corrected chi connectivity index (χ0v) is 33.7. The van der Waals surface area contributed by atoms with Crippen molar-refractivity contribution in [1.29, 1.82) is 0 Å². The van der Waals surface area contributed by atoms with Crippen LogP contribution in [0.25, 0.3) is 0 Å². The van der Waals surface area contributed by atoms with Crippen molar-refractivity contribution in [3.05, 3.63) is 29.8 Å². The summed E-state index contributed by atoms with van der Waals surface area (Å²) < 4.78 is 16.8. The smallest absolute Gasteiger partial charge is 0.320 e. The summed E-state index contributed by atoms with van der Waals surface area (Å²) in [7, 11) is 0. The number of ether oxygens (including phenoxy) is 3. The Bertz CT molecular complexity index is 1460. The Morgan fingerprint density at radius 1 is 0.873 bits per heavy atom. The normalized spacial score (nSPS) is 18.6. The molecule has 1 aromatic rings. The van der Waals surface area contributed by atoms with Crippen molar-refractivity contribution < 1.29 is 53.2 Å². The van der Waals surface area contributed by atoms with Crippen molar-refractivity contribution in [3.63, 3.8) is 0 Å². The van der Waals surface area contributed by atoms with Gasteiger partial charge in [0.25, 0.3) is 0 Å². The first-order valence-corrected chi connectivity index (χ1v) is 19.8. The number of rotatable bonds is 23. The third kappa shape index (κ3) is 17.9. The Balaban J connectivity index is 1.54. The minimum Gasteiger partial charge on any atom is -0.494 e. The van der Waals surface area contributed by atoms with E-state index in [1.165, 1.54) is 9.80 Å². The largest absolute Gasteiger partial charge is 0.494 e. The summed E-state index contributed by atoms with van der Waals surface area (Å²) in [6, 6.07) is 6.66. The molecule has 4 atom stereocenters. The summed E-state index contributed by atoms with van der Waals surface area (Å²) in [6.45, 7) is 9.16. The van der Waals surface area contributed by atoms with Crippen molar-refractivity contribution >= 4 is 47.6 Å². The molecule has 1 aromatic carbocycles. The lowest BCUT2D eigenvalue weighted by molar-refractivity contribution is -0.160. The summed E-state index contributed by atoms with van der Waals surface area (Å²) in [5.74, 6) is -2.18. The van der Waals surface area contributed by atoms with E-state index < -0.39 is 54.2 Å². The fourth-order valence-corrected chi connectivity index (χ4v) is 7.96. The number of carbonyl (C=O) groups is 6. The van der Waals surface area contributed by atoms with E-state index in [1.807, 2.05) is 11.8 Å². The zero-order valence-electron chi connectivity index (χ0n) is 32.9. The van der Waals surface area contributed by atoms with Crippen LogP contribution in [-0.2, 0) is 39.9 Å². The molecule has 55 heavy (non-hydrogen) atoms. The van der Waals surface area contributed by atoms with E-state index in [-0.39, 0.29) is 50.1 Å². The molecule has 5 N–H and O–H groups in total. The number of nitrogens with one attached hydrogen (secondary N) is 3. The standard InChI is InChI=1S/C38H59N5O11S/c1-37(2,3)53-33(49)22-42(20-31(45)46)19-26(43(21-32(47)48)23-34(50)54-38(4,5)6)18-25-12-14-27(15-13-25)52-17-9-16-39-30(44)11-8-7-10-29-35-28(24-55-29)40-36(51)41-35/h12-15,26,28-29,35H,7-11,16-24H2,1-6H3,(H,39,44)(H,45,46)(H,47,48)(H2,40,41,51). The quantitative estimate of drug-likeness (QED) is 0.0613. The highest BCUT2D eigenvalue weighted by Gasteiger charge is 2.42. The van der Waals surface area contributed by atoms with Crippen molar-refractivity contribution in [3.8, 4) is 5.75 Å². The summed E-state index contributed by atoms with van der Waals surface area (Å²) in [5, 5.41) is 28.6. The molecule has 0 spiro atoms. The van der Waals surface area contributed by atoms with Gasteiger partial charge in [-0.1, -0.05) is 18.6 Å². The molecule has 4 unspecified atom stereocenters. The van der Waals surface area contributed by atoms with Gasteiger partial charge in [0.2, 0.25) is 5.91 Å².